The fourth-order valence-corrected chi connectivity index (χ4v) is 2.01. The Morgan fingerprint density at radius 3 is 2.94 bits per heavy atom. The third-order valence-corrected chi connectivity index (χ3v) is 2.80. The van der Waals surface area contributed by atoms with Gasteiger partial charge in [0.05, 0.1) is 5.92 Å². The van der Waals surface area contributed by atoms with Crippen molar-refractivity contribution in [2.75, 3.05) is 13.7 Å². The third-order valence-electron chi connectivity index (χ3n) is 2.80. The Morgan fingerprint density at radius 2 is 2.31 bits per heavy atom. The van der Waals surface area contributed by atoms with Crippen molar-refractivity contribution in [3.8, 4) is 0 Å². The van der Waals surface area contributed by atoms with Crippen molar-refractivity contribution in [3.63, 3.8) is 0 Å². The maximum absolute atomic E-state index is 12.0. The van der Waals surface area contributed by atoms with Gasteiger partial charge in [0.2, 0.25) is 0 Å². The van der Waals surface area contributed by atoms with Gasteiger partial charge >= 0.3 is 0 Å². The predicted molar refractivity (Wildman–Crippen MR) is 66.3 cm³/mol. The maximum Gasteiger partial charge on any atom is 0.144 e. The predicted octanol–water partition coefficient (Wildman–Crippen LogP) is 3.14. The molecule has 2 heteroatoms. The van der Waals surface area contributed by atoms with Gasteiger partial charge in [-0.15, -0.1) is 0 Å². The molecule has 0 radical (unpaired) electrons. The first-order valence-electron chi connectivity index (χ1n) is 6.02. The van der Waals surface area contributed by atoms with Gasteiger partial charge < -0.3 is 4.74 Å². The van der Waals surface area contributed by atoms with Crippen LogP contribution in [0.2, 0.25) is 0 Å². The summed E-state index contributed by atoms with van der Waals surface area (Å²) in [5.74, 6) is 0.783. The van der Waals surface area contributed by atoms with E-state index in [-0.39, 0.29) is 5.92 Å². The Labute approximate surface area is 98.4 Å². The van der Waals surface area contributed by atoms with E-state index in [0.29, 0.717) is 24.7 Å². The Bertz CT molecular complexity index is 287. The van der Waals surface area contributed by atoms with E-state index < -0.39 is 0 Å². The second-order valence-corrected chi connectivity index (χ2v) is 4.73. The summed E-state index contributed by atoms with van der Waals surface area (Å²) < 4.78 is 5.08. The Morgan fingerprint density at radius 1 is 1.56 bits per heavy atom. The Hall–Kier alpha value is -0.890. The van der Waals surface area contributed by atoms with Gasteiger partial charge in [-0.3, -0.25) is 4.79 Å². The van der Waals surface area contributed by atoms with E-state index in [4.69, 9.17) is 4.74 Å². The smallest absolute Gasteiger partial charge is 0.144 e. The van der Waals surface area contributed by atoms with Crippen LogP contribution in [-0.2, 0) is 9.53 Å². The van der Waals surface area contributed by atoms with Crippen molar-refractivity contribution in [1.29, 1.82) is 0 Å². The highest BCUT2D eigenvalue weighted by molar-refractivity contribution is 5.86. The molecule has 0 fully saturated rings. The first-order chi connectivity index (χ1) is 7.65. The Balaban J connectivity index is 2.60. The van der Waals surface area contributed by atoms with Gasteiger partial charge in [-0.25, -0.2) is 0 Å². The van der Waals surface area contributed by atoms with Crippen LogP contribution in [0.1, 0.15) is 33.1 Å². The number of ether oxygens (including phenoxy) is 1. The molecule has 0 aromatic rings. The molecule has 0 aliphatic heterocycles. The zero-order chi connectivity index (χ0) is 12.0. The molecule has 90 valence electrons. The fraction of sp³-hybridized carbons (Fsp3) is 0.643. The number of allylic oxidation sites excluding steroid dienone is 3. The third kappa shape index (κ3) is 3.93. The van der Waals surface area contributed by atoms with E-state index >= 15 is 0 Å². The molecule has 0 saturated carbocycles. The highest BCUT2D eigenvalue weighted by atomic mass is 16.5. The molecule has 0 aromatic carbocycles. The number of carbonyl (C=O) groups is 1. The van der Waals surface area contributed by atoms with Crippen molar-refractivity contribution < 1.29 is 9.53 Å². The van der Waals surface area contributed by atoms with Gasteiger partial charge in [0.25, 0.3) is 0 Å². The van der Waals surface area contributed by atoms with Gasteiger partial charge in [0.15, 0.2) is 0 Å². The Kier molecular flexibility index (Phi) is 5.47. The van der Waals surface area contributed by atoms with E-state index in [1.165, 1.54) is 5.57 Å². The van der Waals surface area contributed by atoms with E-state index in [1.807, 2.05) is 0 Å². The van der Waals surface area contributed by atoms with E-state index in [2.05, 4.69) is 32.1 Å². The van der Waals surface area contributed by atoms with Crippen molar-refractivity contribution in [3.05, 3.63) is 23.8 Å². The van der Waals surface area contributed by atoms with E-state index in [0.717, 1.165) is 12.8 Å². The van der Waals surface area contributed by atoms with Crippen molar-refractivity contribution in [2.24, 2.45) is 11.8 Å². The van der Waals surface area contributed by atoms with Crippen LogP contribution in [0.3, 0.4) is 0 Å². The lowest BCUT2D eigenvalue weighted by Gasteiger charge is -2.19. The molecule has 0 saturated heterocycles. The van der Waals surface area contributed by atoms with Gasteiger partial charge in [-0.1, -0.05) is 37.6 Å². The lowest BCUT2D eigenvalue weighted by atomic mass is 9.85. The quantitative estimate of drug-likeness (QED) is 0.645. The number of hydrogen-bond donors (Lipinski definition) is 0. The normalized spacial score (nSPS) is 20.0. The van der Waals surface area contributed by atoms with Crippen LogP contribution in [0.25, 0.3) is 0 Å². The van der Waals surface area contributed by atoms with Gasteiger partial charge in [0.1, 0.15) is 5.78 Å². The molecule has 1 atom stereocenters. The summed E-state index contributed by atoms with van der Waals surface area (Å²) >= 11 is 0. The first kappa shape index (κ1) is 13.2. The standard InChI is InChI=1S/C14H22O2/c1-11(2)10-14(15)13-7-5-4-6-12(13)8-9-16-3/h5-7,11,13H,4,8-10H2,1-3H3. The summed E-state index contributed by atoms with van der Waals surface area (Å²) in [6, 6.07) is 0. The van der Waals surface area contributed by atoms with Crippen LogP contribution >= 0.6 is 0 Å². The summed E-state index contributed by atoms with van der Waals surface area (Å²) in [4.78, 5) is 12.0. The molecule has 1 rings (SSSR count). The molecule has 0 N–H and O–H groups in total. The average molecular weight is 222 g/mol. The van der Waals surface area contributed by atoms with Gasteiger partial charge in [-0.05, 0) is 18.8 Å². The molecule has 0 bridgehead atoms. The van der Waals surface area contributed by atoms with Crippen LogP contribution in [0.5, 0.6) is 0 Å². The number of hydrogen-bond acceptors (Lipinski definition) is 2. The average Bonchev–Trinajstić information content (AvgIpc) is 2.25. The van der Waals surface area contributed by atoms with Gasteiger partial charge in [-0.2, -0.15) is 0 Å². The van der Waals surface area contributed by atoms with Crippen LogP contribution in [0.4, 0.5) is 0 Å². The molecular formula is C14H22O2. The first-order valence-corrected chi connectivity index (χ1v) is 6.02. The van der Waals surface area contributed by atoms with Crippen LogP contribution in [-0.4, -0.2) is 19.5 Å². The van der Waals surface area contributed by atoms with Gasteiger partial charge in [0, 0.05) is 20.1 Å². The minimum absolute atomic E-state index is 0.00583. The monoisotopic (exact) mass is 222 g/mol. The minimum atomic E-state index is 0.00583. The van der Waals surface area contributed by atoms with Crippen molar-refractivity contribution in [1.82, 2.24) is 0 Å². The molecule has 0 heterocycles. The van der Waals surface area contributed by atoms with Crippen LogP contribution < -0.4 is 0 Å². The minimum Gasteiger partial charge on any atom is -0.384 e. The van der Waals surface area contributed by atoms with Crippen molar-refractivity contribution >= 4 is 5.78 Å². The largest absolute Gasteiger partial charge is 0.384 e. The molecule has 16 heavy (non-hydrogen) atoms. The van der Waals surface area contributed by atoms with E-state index in [9.17, 15) is 4.79 Å². The number of carbonyl (C=O) groups excluding carboxylic acids is 1. The number of methoxy groups -OCH3 is 1. The molecule has 0 spiro atoms. The zero-order valence-electron chi connectivity index (χ0n) is 10.5. The maximum atomic E-state index is 12.0. The van der Waals surface area contributed by atoms with Crippen molar-refractivity contribution in [2.45, 2.75) is 33.1 Å². The zero-order valence-corrected chi connectivity index (χ0v) is 10.5. The SMILES string of the molecule is COCCC1=CCC=CC1C(=O)CC(C)C. The lowest BCUT2D eigenvalue weighted by Crippen LogP contribution is -2.19. The van der Waals surface area contributed by atoms with Crippen LogP contribution in [0, 0.1) is 11.8 Å². The second kappa shape index (κ2) is 6.64. The summed E-state index contributed by atoms with van der Waals surface area (Å²) in [7, 11) is 1.70. The molecule has 2 nitrogen and oxygen atoms in total. The molecule has 1 aliphatic carbocycles. The summed E-state index contributed by atoms with van der Waals surface area (Å²) in [6.45, 7) is 4.87. The summed E-state index contributed by atoms with van der Waals surface area (Å²) in [5, 5.41) is 0. The van der Waals surface area contributed by atoms with E-state index in [1.54, 1.807) is 7.11 Å². The highest BCUT2D eigenvalue weighted by Crippen LogP contribution is 2.25. The van der Waals surface area contributed by atoms with Crippen LogP contribution in [0.15, 0.2) is 23.8 Å². The molecule has 1 unspecified atom stereocenters. The molecule has 1 aliphatic rings. The molecule has 0 aromatic heterocycles. The lowest BCUT2D eigenvalue weighted by molar-refractivity contribution is -0.121. The highest BCUT2D eigenvalue weighted by Gasteiger charge is 2.21. The molecule has 0 amide bonds. The fourth-order valence-electron chi connectivity index (χ4n) is 2.01. The number of ketones is 1. The number of rotatable bonds is 6. The number of Topliss-reactive ketones (excluding diaryl/α,β-unsaturated/α-hetero) is 1. The summed E-state index contributed by atoms with van der Waals surface area (Å²) in [6.07, 6.45) is 8.79. The summed E-state index contributed by atoms with van der Waals surface area (Å²) in [5.41, 5.74) is 1.23. The topological polar surface area (TPSA) is 26.3 Å². The molecular weight excluding hydrogens is 200 g/mol. The second-order valence-electron chi connectivity index (χ2n) is 4.73.